The van der Waals surface area contributed by atoms with E-state index in [9.17, 15) is 4.79 Å². The van der Waals surface area contributed by atoms with Gasteiger partial charge in [0.05, 0.1) is 17.2 Å². The van der Waals surface area contributed by atoms with Crippen molar-refractivity contribution in [1.82, 2.24) is 0 Å². The number of nitrogens with one attached hydrogen (secondary N) is 1. The molecule has 2 rings (SSSR count). The number of methoxy groups -OCH3 is 1. The van der Waals surface area contributed by atoms with E-state index in [1.54, 1.807) is 49.6 Å². The van der Waals surface area contributed by atoms with E-state index in [0.717, 1.165) is 5.75 Å². The Hall–Kier alpha value is -2.11. The van der Waals surface area contributed by atoms with Gasteiger partial charge in [0, 0.05) is 5.69 Å². The highest BCUT2D eigenvalue weighted by Gasteiger charge is 2.05. The van der Waals surface area contributed by atoms with Crippen LogP contribution in [0.15, 0.2) is 42.5 Å². The van der Waals surface area contributed by atoms with Crippen LogP contribution in [0.5, 0.6) is 11.5 Å². The van der Waals surface area contributed by atoms with E-state index in [1.165, 1.54) is 0 Å². The zero-order chi connectivity index (χ0) is 16.7. The van der Waals surface area contributed by atoms with Crippen LogP contribution in [0.25, 0.3) is 0 Å². The molecule has 0 saturated heterocycles. The summed E-state index contributed by atoms with van der Waals surface area (Å²) in [5.41, 5.74) is 0.500. The number of benzene rings is 2. The zero-order valence-corrected chi connectivity index (χ0v) is 13.9. The van der Waals surface area contributed by atoms with Gasteiger partial charge in [-0.3, -0.25) is 5.32 Å². The molecule has 0 aliphatic carbocycles. The van der Waals surface area contributed by atoms with Crippen molar-refractivity contribution >= 4 is 35.0 Å². The number of carbonyl (C=O) groups excluding carboxylic acids is 1. The highest BCUT2D eigenvalue weighted by Crippen LogP contribution is 2.25. The number of halogens is 2. The van der Waals surface area contributed by atoms with Crippen molar-refractivity contribution in [2.75, 3.05) is 25.6 Å². The van der Waals surface area contributed by atoms with Gasteiger partial charge in [-0.15, -0.1) is 0 Å². The number of hydrogen-bond donors (Lipinski definition) is 1. The zero-order valence-electron chi connectivity index (χ0n) is 12.3. The van der Waals surface area contributed by atoms with Crippen molar-refractivity contribution in [1.29, 1.82) is 0 Å². The van der Waals surface area contributed by atoms with Crippen LogP contribution in [0, 0.1) is 0 Å². The molecule has 122 valence electrons. The smallest absolute Gasteiger partial charge is 0.411 e. The second-order valence-electron chi connectivity index (χ2n) is 4.41. The van der Waals surface area contributed by atoms with Crippen molar-refractivity contribution in [3.8, 4) is 11.5 Å². The van der Waals surface area contributed by atoms with Crippen molar-refractivity contribution in [2.24, 2.45) is 0 Å². The minimum Gasteiger partial charge on any atom is -0.497 e. The quantitative estimate of drug-likeness (QED) is 0.767. The van der Waals surface area contributed by atoms with Crippen LogP contribution in [0.4, 0.5) is 10.5 Å². The molecule has 2 aromatic rings. The maximum Gasteiger partial charge on any atom is 0.411 e. The van der Waals surface area contributed by atoms with E-state index < -0.39 is 6.09 Å². The van der Waals surface area contributed by atoms with Gasteiger partial charge < -0.3 is 14.2 Å². The topological polar surface area (TPSA) is 56.8 Å². The predicted molar refractivity (Wildman–Crippen MR) is 89.9 cm³/mol. The molecular formula is C16H15Cl2NO4. The molecule has 7 heteroatoms. The van der Waals surface area contributed by atoms with Crippen LogP contribution in [0.3, 0.4) is 0 Å². The monoisotopic (exact) mass is 355 g/mol. The van der Waals surface area contributed by atoms with Gasteiger partial charge in [-0.25, -0.2) is 4.79 Å². The highest BCUT2D eigenvalue weighted by atomic mass is 35.5. The molecule has 2 aromatic carbocycles. The third-order valence-electron chi connectivity index (χ3n) is 2.81. The van der Waals surface area contributed by atoms with E-state index in [4.69, 9.17) is 37.4 Å². The minimum absolute atomic E-state index is 0.110. The largest absolute Gasteiger partial charge is 0.497 e. The van der Waals surface area contributed by atoms with Crippen molar-refractivity contribution in [2.45, 2.75) is 0 Å². The van der Waals surface area contributed by atoms with Gasteiger partial charge >= 0.3 is 6.09 Å². The second kappa shape index (κ2) is 8.50. The Balaban J connectivity index is 1.70. The Morgan fingerprint density at radius 3 is 2.35 bits per heavy atom. The normalized spacial score (nSPS) is 10.0. The van der Waals surface area contributed by atoms with Crippen molar-refractivity contribution in [3.05, 3.63) is 52.5 Å². The molecule has 0 aromatic heterocycles. The lowest BCUT2D eigenvalue weighted by Gasteiger charge is -2.09. The minimum atomic E-state index is -0.596. The molecule has 0 radical (unpaired) electrons. The maximum absolute atomic E-state index is 11.6. The first-order chi connectivity index (χ1) is 11.1. The fourth-order valence-electron chi connectivity index (χ4n) is 1.69. The standard InChI is InChI=1S/C16H15Cl2NO4/c1-21-12-3-5-13(6-4-12)22-8-9-23-16(20)19-11-2-7-14(17)15(18)10-11/h2-7,10H,8-9H2,1H3,(H,19,20). The summed E-state index contributed by atoms with van der Waals surface area (Å²) in [6.45, 7) is 0.348. The van der Waals surface area contributed by atoms with Crippen molar-refractivity contribution < 1.29 is 19.0 Å². The number of amides is 1. The van der Waals surface area contributed by atoms with E-state index in [-0.39, 0.29) is 13.2 Å². The lowest BCUT2D eigenvalue weighted by atomic mass is 10.3. The molecule has 23 heavy (non-hydrogen) atoms. The fourth-order valence-corrected chi connectivity index (χ4v) is 1.99. The molecule has 1 amide bonds. The summed E-state index contributed by atoms with van der Waals surface area (Å²) < 4.78 is 15.5. The SMILES string of the molecule is COc1ccc(OCCOC(=O)Nc2ccc(Cl)c(Cl)c2)cc1. The average Bonchev–Trinajstić information content (AvgIpc) is 2.55. The lowest BCUT2D eigenvalue weighted by Crippen LogP contribution is -2.17. The van der Waals surface area contributed by atoms with E-state index in [0.29, 0.717) is 21.5 Å². The first-order valence-electron chi connectivity index (χ1n) is 6.74. The molecular weight excluding hydrogens is 341 g/mol. The Kier molecular flexibility index (Phi) is 6.38. The number of anilines is 1. The highest BCUT2D eigenvalue weighted by molar-refractivity contribution is 6.42. The summed E-state index contributed by atoms with van der Waals surface area (Å²) in [6, 6.07) is 11.9. The summed E-state index contributed by atoms with van der Waals surface area (Å²) in [4.78, 5) is 11.6. The number of ether oxygens (including phenoxy) is 3. The summed E-state index contributed by atoms with van der Waals surface area (Å²) in [5, 5.41) is 3.32. The van der Waals surface area contributed by atoms with E-state index in [1.807, 2.05) is 0 Å². The molecule has 5 nitrogen and oxygen atoms in total. The van der Waals surface area contributed by atoms with Crippen LogP contribution >= 0.6 is 23.2 Å². The van der Waals surface area contributed by atoms with Crippen LogP contribution in [-0.2, 0) is 4.74 Å². The van der Waals surface area contributed by atoms with Crippen molar-refractivity contribution in [3.63, 3.8) is 0 Å². The number of rotatable bonds is 6. The molecule has 0 bridgehead atoms. The summed E-state index contributed by atoms with van der Waals surface area (Å²) in [5.74, 6) is 1.41. The average molecular weight is 356 g/mol. The van der Waals surface area contributed by atoms with Gasteiger partial charge in [-0.2, -0.15) is 0 Å². The molecule has 0 spiro atoms. The molecule has 0 heterocycles. The molecule has 0 aliphatic rings. The summed E-state index contributed by atoms with van der Waals surface area (Å²) in [7, 11) is 1.59. The number of carbonyl (C=O) groups is 1. The Morgan fingerprint density at radius 1 is 1.00 bits per heavy atom. The summed E-state index contributed by atoms with van der Waals surface area (Å²) >= 11 is 11.7. The van der Waals surface area contributed by atoms with E-state index in [2.05, 4.69) is 5.32 Å². The van der Waals surface area contributed by atoms with Gasteiger partial charge in [-0.1, -0.05) is 23.2 Å². The predicted octanol–water partition coefficient (Wildman–Crippen LogP) is 4.63. The van der Waals surface area contributed by atoms with Crippen LogP contribution in [0.1, 0.15) is 0 Å². The Morgan fingerprint density at radius 2 is 1.70 bits per heavy atom. The lowest BCUT2D eigenvalue weighted by molar-refractivity contribution is 0.138. The molecule has 0 fully saturated rings. The molecule has 0 aliphatic heterocycles. The first kappa shape index (κ1) is 17.2. The fraction of sp³-hybridized carbons (Fsp3) is 0.188. The first-order valence-corrected chi connectivity index (χ1v) is 7.50. The van der Waals surface area contributed by atoms with Gasteiger partial charge in [0.25, 0.3) is 0 Å². The van der Waals surface area contributed by atoms with Crippen LogP contribution in [-0.4, -0.2) is 26.4 Å². The Bertz CT molecular complexity index is 662. The Labute approximate surface area is 144 Å². The van der Waals surface area contributed by atoms with Gasteiger partial charge in [0.15, 0.2) is 0 Å². The molecule has 0 unspecified atom stereocenters. The van der Waals surface area contributed by atoms with Gasteiger partial charge in [-0.05, 0) is 42.5 Å². The molecule has 0 atom stereocenters. The summed E-state index contributed by atoms with van der Waals surface area (Å²) in [6.07, 6.45) is -0.596. The van der Waals surface area contributed by atoms with E-state index >= 15 is 0 Å². The van der Waals surface area contributed by atoms with Crippen LogP contribution in [0.2, 0.25) is 10.0 Å². The number of hydrogen-bond acceptors (Lipinski definition) is 4. The van der Waals surface area contributed by atoms with Gasteiger partial charge in [0.2, 0.25) is 0 Å². The van der Waals surface area contributed by atoms with Crippen LogP contribution < -0.4 is 14.8 Å². The third-order valence-corrected chi connectivity index (χ3v) is 3.55. The second-order valence-corrected chi connectivity index (χ2v) is 5.23. The third kappa shape index (κ3) is 5.54. The van der Waals surface area contributed by atoms with Gasteiger partial charge in [0.1, 0.15) is 24.7 Å². The molecule has 0 saturated carbocycles. The molecule has 1 N–H and O–H groups in total. The maximum atomic E-state index is 11.6.